The van der Waals surface area contributed by atoms with Crippen molar-refractivity contribution in [1.82, 2.24) is 0 Å². The number of rotatable bonds is 0. The Morgan fingerprint density at radius 1 is 0.224 bits per heavy atom. The van der Waals surface area contributed by atoms with E-state index >= 15 is 0 Å². The van der Waals surface area contributed by atoms with E-state index in [0.29, 0.717) is 0 Å². The van der Waals surface area contributed by atoms with Gasteiger partial charge >= 0.3 is 0 Å². The molecule has 0 saturated heterocycles. The van der Waals surface area contributed by atoms with E-state index in [0.717, 1.165) is 64.6 Å². The molecular formula is C65H56Br2. The van der Waals surface area contributed by atoms with Gasteiger partial charge in [-0.2, -0.15) is 0 Å². The fraction of sp³-hybridized carbons (Fsp3) is 0.108. The predicted octanol–water partition coefficient (Wildman–Crippen LogP) is 16.7. The normalized spacial score (nSPS) is 8.99. The van der Waals surface area contributed by atoms with Gasteiger partial charge in [0.05, 0.1) is 0 Å². The third-order valence-corrected chi connectivity index (χ3v) is 10.2. The van der Waals surface area contributed by atoms with Crippen molar-refractivity contribution in [2.75, 3.05) is 0 Å². The van der Waals surface area contributed by atoms with Crippen LogP contribution in [0.4, 0.5) is 0 Å². The number of halogens is 2. The van der Waals surface area contributed by atoms with Crippen LogP contribution in [0.1, 0.15) is 100 Å². The lowest BCUT2D eigenvalue weighted by atomic mass is 10.0. The first kappa shape index (κ1) is 53.9. The van der Waals surface area contributed by atoms with Crippen molar-refractivity contribution in [3.05, 3.63) is 281 Å². The molecule has 2 heteroatoms. The third-order valence-electron chi connectivity index (χ3n) is 9.27. The predicted molar refractivity (Wildman–Crippen MR) is 296 cm³/mol. The summed E-state index contributed by atoms with van der Waals surface area (Å²) in [5.41, 5.74) is 14.8. The summed E-state index contributed by atoms with van der Waals surface area (Å²) in [6, 6.07) is 65.0. The molecule has 0 atom stereocenters. The number of hydrogen-bond donors (Lipinski definition) is 0. The highest BCUT2D eigenvalue weighted by atomic mass is 79.9. The van der Waals surface area contributed by atoms with E-state index in [1.165, 1.54) is 22.3 Å². The summed E-state index contributed by atoms with van der Waals surface area (Å²) in [6.45, 7) is 8.31. The molecule has 0 bridgehead atoms. The molecule has 0 amide bonds. The maximum atomic E-state index is 3.45. The molecule has 0 aliphatic carbocycles. The zero-order chi connectivity index (χ0) is 44.9. The SMILES string of the molecule is C.C.C.Cc1ccc(C#Cc2cc(Br)cc(Br)c2)cc1.Cc1ccc(C#Cc2cc(C#Cc3ccccc3)cc(C#Cc3ccccc3)c2)cc1.Cc1ccc(C#Cc2cccc(C)c2)cc1. The second-order valence-corrected chi connectivity index (χ2v) is 16.7. The molecule has 0 aliphatic rings. The Morgan fingerprint density at radius 2 is 0.493 bits per heavy atom. The van der Waals surface area contributed by atoms with Crippen molar-refractivity contribution in [2.24, 2.45) is 0 Å². The molecule has 8 aromatic rings. The molecule has 0 aliphatic heterocycles. The minimum absolute atomic E-state index is 0. The van der Waals surface area contributed by atoms with Crippen LogP contribution in [0.25, 0.3) is 0 Å². The molecule has 0 N–H and O–H groups in total. The van der Waals surface area contributed by atoms with Crippen molar-refractivity contribution in [1.29, 1.82) is 0 Å². The van der Waals surface area contributed by atoms with Crippen LogP contribution in [0.3, 0.4) is 0 Å². The lowest BCUT2D eigenvalue weighted by Gasteiger charge is -1.98. The molecule has 0 nitrogen and oxygen atoms in total. The topological polar surface area (TPSA) is 0 Å². The minimum Gasteiger partial charge on any atom is -0.0776 e. The molecule has 0 spiro atoms. The first-order valence-electron chi connectivity index (χ1n) is 20.7. The average Bonchev–Trinajstić information content (AvgIpc) is 3.30. The van der Waals surface area contributed by atoms with Crippen LogP contribution in [0.5, 0.6) is 0 Å². The van der Waals surface area contributed by atoms with Crippen molar-refractivity contribution < 1.29 is 0 Å². The zero-order valence-corrected chi connectivity index (χ0v) is 39.4. The van der Waals surface area contributed by atoms with E-state index in [9.17, 15) is 0 Å². The van der Waals surface area contributed by atoms with Crippen molar-refractivity contribution in [3.63, 3.8) is 0 Å². The lowest BCUT2D eigenvalue weighted by molar-refractivity contribution is 1.45. The van der Waals surface area contributed by atoms with Crippen LogP contribution >= 0.6 is 31.9 Å². The molecule has 0 unspecified atom stereocenters. The van der Waals surface area contributed by atoms with Gasteiger partial charge in [0.1, 0.15) is 0 Å². The second-order valence-electron chi connectivity index (χ2n) is 14.9. The Balaban J connectivity index is 0.000000283. The molecule has 0 saturated carbocycles. The van der Waals surface area contributed by atoms with E-state index in [-0.39, 0.29) is 22.3 Å². The van der Waals surface area contributed by atoms with Gasteiger partial charge in [0, 0.05) is 64.6 Å². The van der Waals surface area contributed by atoms with Gasteiger partial charge in [-0.25, -0.2) is 0 Å². The van der Waals surface area contributed by atoms with Gasteiger partial charge in [0.25, 0.3) is 0 Å². The van der Waals surface area contributed by atoms with Gasteiger partial charge in [-0.3, -0.25) is 0 Å². The summed E-state index contributed by atoms with van der Waals surface area (Å²) < 4.78 is 2.06. The van der Waals surface area contributed by atoms with Crippen LogP contribution in [-0.4, -0.2) is 0 Å². The summed E-state index contributed by atoms with van der Waals surface area (Å²) in [6.07, 6.45) is 0. The quantitative estimate of drug-likeness (QED) is 0.133. The van der Waals surface area contributed by atoms with Crippen LogP contribution in [0.15, 0.2) is 203 Å². The average molecular weight is 997 g/mol. The number of hydrogen-bond acceptors (Lipinski definition) is 0. The number of benzene rings is 8. The van der Waals surface area contributed by atoms with E-state index in [4.69, 9.17) is 0 Å². The third kappa shape index (κ3) is 19.7. The van der Waals surface area contributed by atoms with Gasteiger partial charge in [-0.15, -0.1) is 0 Å². The summed E-state index contributed by atoms with van der Waals surface area (Å²) in [4.78, 5) is 0. The highest BCUT2D eigenvalue weighted by molar-refractivity contribution is 9.11. The van der Waals surface area contributed by atoms with Crippen LogP contribution in [-0.2, 0) is 0 Å². The van der Waals surface area contributed by atoms with Crippen molar-refractivity contribution in [2.45, 2.75) is 50.0 Å². The zero-order valence-electron chi connectivity index (χ0n) is 36.2. The first-order chi connectivity index (χ1) is 31.1. The molecule has 8 aromatic carbocycles. The summed E-state index contributed by atoms with van der Waals surface area (Å²) >= 11 is 6.90. The summed E-state index contributed by atoms with van der Waals surface area (Å²) in [7, 11) is 0. The smallest absolute Gasteiger partial charge is 0.0273 e. The molecule has 0 heterocycles. The largest absolute Gasteiger partial charge is 0.0776 e. The summed E-state index contributed by atoms with van der Waals surface area (Å²) in [5, 5.41) is 0. The first-order valence-corrected chi connectivity index (χ1v) is 22.3. The van der Waals surface area contributed by atoms with Gasteiger partial charge in [0.15, 0.2) is 0 Å². The Morgan fingerprint density at radius 3 is 0.821 bits per heavy atom. The second kappa shape index (κ2) is 28.4. The Kier molecular flexibility index (Phi) is 22.9. The summed E-state index contributed by atoms with van der Waals surface area (Å²) in [5.74, 6) is 32.1. The van der Waals surface area contributed by atoms with E-state index in [2.05, 4.69) is 179 Å². The minimum atomic E-state index is 0. The highest BCUT2D eigenvalue weighted by Crippen LogP contribution is 2.20. The molecule has 0 aromatic heterocycles. The van der Waals surface area contributed by atoms with Gasteiger partial charge in [-0.1, -0.05) is 215 Å². The molecular weight excluding hydrogens is 941 g/mol. The van der Waals surface area contributed by atoms with E-state index < -0.39 is 0 Å². The standard InChI is InChI=1S/C31H20.C16H14.C15H10Br2.3CH4/c1-25-12-14-28(15-13-25)18-21-31-23-29(19-16-26-8-4-2-5-9-26)22-30(24-31)20-17-27-10-6-3-7-11-27;1-13-6-8-15(9-7-13)10-11-16-5-3-4-14(2)12-16;1-11-2-4-12(5-3-11)6-7-13-8-14(16)10-15(17)9-13;;;/h2-15,22-24H,1H3;3-9,12H,1-2H3;2-5,8-10H,1H3;3*1H4. The van der Waals surface area contributed by atoms with Gasteiger partial charge in [0.2, 0.25) is 0 Å². The van der Waals surface area contributed by atoms with Gasteiger partial charge in [-0.05, 0) is 142 Å². The molecule has 67 heavy (non-hydrogen) atoms. The Hall–Kier alpha value is -7.48. The maximum absolute atomic E-state index is 3.45. The van der Waals surface area contributed by atoms with Gasteiger partial charge < -0.3 is 0 Å². The Bertz CT molecular complexity index is 3040. The monoisotopic (exact) mass is 994 g/mol. The fourth-order valence-corrected chi connectivity index (χ4v) is 7.16. The van der Waals surface area contributed by atoms with Crippen LogP contribution in [0.2, 0.25) is 0 Å². The molecule has 0 radical (unpaired) electrons. The molecule has 0 fully saturated rings. The lowest BCUT2D eigenvalue weighted by Crippen LogP contribution is -1.85. The van der Waals surface area contributed by atoms with Crippen LogP contribution in [0, 0.1) is 86.9 Å². The van der Waals surface area contributed by atoms with Crippen LogP contribution < -0.4 is 0 Å². The van der Waals surface area contributed by atoms with Crippen molar-refractivity contribution >= 4 is 31.9 Å². The highest BCUT2D eigenvalue weighted by Gasteiger charge is 1.98. The number of aryl methyl sites for hydroxylation is 4. The van der Waals surface area contributed by atoms with Crippen molar-refractivity contribution in [3.8, 4) is 59.2 Å². The van der Waals surface area contributed by atoms with E-state index in [1.807, 2.05) is 133 Å². The maximum Gasteiger partial charge on any atom is 0.0273 e. The molecule has 330 valence electrons. The molecule has 8 rings (SSSR count). The Labute approximate surface area is 419 Å². The van der Waals surface area contributed by atoms with E-state index in [1.54, 1.807) is 0 Å². The fourth-order valence-electron chi connectivity index (χ4n) is 5.87.